The monoisotopic (exact) mass is 254 g/mol. The van der Waals surface area contributed by atoms with Crippen LogP contribution in [0.3, 0.4) is 0 Å². The van der Waals surface area contributed by atoms with Crippen LogP contribution in [-0.2, 0) is 11.3 Å². The second-order valence-electron chi connectivity index (χ2n) is 4.77. The highest BCUT2D eigenvalue weighted by Gasteiger charge is 2.23. The zero-order chi connectivity index (χ0) is 12.4. The summed E-state index contributed by atoms with van der Waals surface area (Å²) in [5, 5.41) is 0.783. The maximum absolute atomic E-state index is 6.19. The van der Waals surface area contributed by atoms with E-state index in [4.69, 9.17) is 22.1 Å². The van der Waals surface area contributed by atoms with Crippen LogP contribution in [-0.4, -0.2) is 30.2 Å². The first kappa shape index (κ1) is 12.7. The first-order chi connectivity index (χ1) is 8.06. The van der Waals surface area contributed by atoms with Gasteiger partial charge in [0.15, 0.2) is 0 Å². The van der Waals surface area contributed by atoms with E-state index in [1.165, 1.54) is 0 Å². The van der Waals surface area contributed by atoms with Gasteiger partial charge in [-0.05, 0) is 37.6 Å². The van der Waals surface area contributed by atoms with Crippen molar-refractivity contribution >= 4 is 17.3 Å². The van der Waals surface area contributed by atoms with E-state index in [1.54, 1.807) is 0 Å². The van der Waals surface area contributed by atoms with E-state index >= 15 is 0 Å². The Morgan fingerprint density at radius 3 is 3.00 bits per heavy atom. The third-order valence-corrected chi connectivity index (χ3v) is 3.55. The van der Waals surface area contributed by atoms with E-state index in [1.807, 2.05) is 18.2 Å². The number of anilines is 1. The van der Waals surface area contributed by atoms with Crippen LogP contribution < -0.4 is 5.73 Å². The standard InChI is InChI=1S/C13H19ClN2O/c1-9-8-17-10(2)6-16(9)7-11-5-12(15)3-4-13(11)14/h3-5,9-10H,6-8,15H2,1-2H3. The molecule has 1 aliphatic rings. The van der Waals surface area contributed by atoms with Crippen molar-refractivity contribution in [2.45, 2.75) is 32.5 Å². The summed E-state index contributed by atoms with van der Waals surface area (Å²) in [6.07, 6.45) is 0.283. The van der Waals surface area contributed by atoms with Crippen molar-refractivity contribution in [3.05, 3.63) is 28.8 Å². The van der Waals surface area contributed by atoms with Crippen LogP contribution in [0.2, 0.25) is 5.02 Å². The molecule has 0 amide bonds. The Kier molecular flexibility index (Phi) is 3.92. The van der Waals surface area contributed by atoms with E-state index in [0.717, 1.165) is 36.0 Å². The fourth-order valence-electron chi connectivity index (χ4n) is 2.13. The molecule has 0 bridgehead atoms. The number of ether oxygens (including phenoxy) is 1. The maximum atomic E-state index is 6.19. The van der Waals surface area contributed by atoms with Gasteiger partial charge in [-0.25, -0.2) is 0 Å². The van der Waals surface area contributed by atoms with Crippen LogP contribution in [0.1, 0.15) is 19.4 Å². The number of hydrogen-bond donors (Lipinski definition) is 1. The molecule has 1 saturated heterocycles. The predicted octanol–water partition coefficient (Wildman–Crippen LogP) is 2.53. The number of halogens is 1. The summed E-state index contributed by atoms with van der Waals surface area (Å²) in [7, 11) is 0. The summed E-state index contributed by atoms with van der Waals surface area (Å²) in [5.41, 5.74) is 7.65. The van der Waals surface area contributed by atoms with Crippen LogP contribution in [0.25, 0.3) is 0 Å². The lowest BCUT2D eigenvalue weighted by atomic mass is 10.1. The Bertz CT molecular complexity index is 397. The van der Waals surface area contributed by atoms with Gasteiger partial charge in [0.2, 0.25) is 0 Å². The summed E-state index contributed by atoms with van der Waals surface area (Å²) >= 11 is 6.19. The zero-order valence-electron chi connectivity index (χ0n) is 10.3. The largest absolute Gasteiger partial charge is 0.399 e. The first-order valence-corrected chi connectivity index (χ1v) is 6.33. The van der Waals surface area contributed by atoms with Gasteiger partial charge in [-0.1, -0.05) is 11.6 Å². The molecule has 3 nitrogen and oxygen atoms in total. The molecule has 0 aliphatic carbocycles. The van der Waals surface area contributed by atoms with Crippen LogP contribution >= 0.6 is 11.6 Å². The summed E-state index contributed by atoms with van der Waals surface area (Å²) in [4.78, 5) is 2.38. The summed E-state index contributed by atoms with van der Waals surface area (Å²) < 4.78 is 5.61. The molecule has 1 aromatic carbocycles. The van der Waals surface area contributed by atoms with Crippen molar-refractivity contribution < 1.29 is 4.74 Å². The molecule has 0 radical (unpaired) electrons. The van der Waals surface area contributed by atoms with Crippen LogP contribution in [0.4, 0.5) is 5.69 Å². The zero-order valence-corrected chi connectivity index (χ0v) is 11.1. The van der Waals surface area contributed by atoms with Gasteiger partial charge in [0.25, 0.3) is 0 Å². The third-order valence-electron chi connectivity index (χ3n) is 3.18. The SMILES string of the molecule is CC1CN(Cc2cc(N)ccc2Cl)C(C)CO1. The van der Waals surface area contributed by atoms with E-state index < -0.39 is 0 Å². The second kappa shape index (κ2) is 5.25. The fraction of sp³-hybridized carbons (Fsp3) is 0.538. The molecule has 4 heteroatoms. The molecule has 1 aromatic rings. The quantitative estimate of drug-likeness (QED) is 0.825. The van der Waals surface area contributed by atoms with E-state index in [0.29, 0.717) is 6.04 Å². The molecule has 2 rings (SSSR count). The molecule has 1 aliphatic heterocycles. The summed E-state index contributed by atoms with van der Waals surface area (Å²) in [6, 6.07) is 6.07. The van der Waals surface area contributed by atoms with Gasteiger partial charge in [-0.3, -0.25) is 4.90 Å². The number of nitrogen functional groups attached to an aromatic ring is 1. The molecule has 2 atom stereocenters. The first-order valence-electron chi connectivity index (χ1n) is 5.96. The number of nitrogens with two attached hydrogens (primary N) is 1. The topological polar surface area (TPSA) is 38.5 Å². The molecular weight excluding hydrogens is 236 g/mol. The van der Waals surface area contributed by atoms with Gasteiger partial charge in [0.1, 0.15) is 0 Å². The van der Waals surface area contributed by atoms with Gasteiger partial charge in [0.05, 0.1) is 12.7 Å². The van der Waals surface area contributed by atoms with Gasteiger partial charge < -0.3 is 10.5 Å². The minimum Gasteiger partial charge on any atom is -0.399 e. The third kappa shape index (κ3) is 3.12. The number of rotatable bonds is 2. The maximum Gasteiger partial charge on any atom is 0.0674 e. The summed E-state index contributed by atoms with van der Waals surface area (Å²) in [6.45, 7) is 6.82. The van der Waals surface area contributed by atoms with Crippen molar-refractivity contribution in [3.63, 3.8) is 0 Å². The molecule has 2 unspecified atom stereocenters. The smallest absolute Gasteiger partial charge is 0.0674 e. The highest BCUT2D eigenvalue weighted by Crippen LogP contribution is 2.23. The molecule has 1 heterocycles. The Balaban J connectivity index is 2.11. The molecule has 2 N–H and O–H groups in total. The van der Waals surface area contributed by atoms with Crippen LogP contribution in [0.15, 0.2) is 18.2 Å². The number of hydrogen-bond acceptors (Lipinski definition) is 3. The number of benzene rings is 1. The number of morpholine rings is 1. The highest BCUT2D eigenvalue weighted by atomic mass is 35.5. The molecule has 1 fully saturated rings. The predicted molar refractivity (Wildman–Crippen MR) is 71.2 cm³/mol. The van der Waals surface area contributed by atoms with Crippen molar-refractivity contribution in [2.75, 3.05) is 18.9 Å². The minimum absolute atomic E-state index is 0.283. The fourth-order valence-corrected chi connectivity index (χ4v) is 2.30. The molecule has 0 aromatic heterocycles. The van der Waals surface area contributed by atoms with Crippen molar-refractivity contribution in [1.29, 1.82) is 0 Å². The van der Waals surface area contributed by atoms with Crippen molar-refractivity contribution in [1.82, 2.24) is 4.90 Å². The minimum atomic E-state index is 0.283. The van der Waals surface area contributed by atoms with Crippen LogP contribution in [0, 0.1) is 0 Å². The lowest BCUT2D eigenvalue weighted by molar-refractivity contribution is -0.0526. The molecular formula is C13H19ClN2O. The average molecular weight is 255 g/mol. The average Bonchev–Trinajstić information content (AvgIpc) is 2.28. The van der Waals surface area contributed by atoms with Gasteiger partial charge in [-0.2, -0.15) is 0 Å². The molecule has 94 valence electrons. The van der Waals surface area contributed by atoms with Gasteiger partial charge in [0, 0.05) is 29.8 Å². The van der Waals surface area contributed by atoms with E-state index in [-0.39, 0.29) is 6.10 Å². The molecule has 0 spiro atoms. The Hall–Kier alpha value is -0.770. The molecule has 17 heavy (non-hydrogen) atoms. The van der Waals surface area contributed by atoms with Crippen LogP contribution in [0.5, 0.6) is 0 Å². The lowest BCUT2D eigenvalue weighted by Crippen LogP contribution is -2.46. The Labute approximate surface area is 107 Å². The Morgan fingerprint density at radius 1 is 1.47 bits per heavy atom. The Morgan fingerprint density at radius 2 is 2.24 bits per heavy atom. The summed E-state index contributed by atoms with van der Waals surface area (Å²) in [5.74, 6) is 0. The lowest BCUT2D eigenvalue weighted by Gasteiger charge is -2.36. The van der Waals surface area contributed by atoms with Crippen molar-refractivity contribution in [2.24, 2.45) is 0 Å². The highest BCUT2D eigenvalue weighted by molar-refractivity contribution is 6.31. The van der Waals surface area contributed by atoms with Crippen molar-refractivity contribution in [3.8, 4) is 0 Å². The molecule has 0 saturated carbocycles. The van der Waals surface area contributed by atoms with E-state index in [2.05, 4.69) is 18.7 Å². The second-order valence-corrected chi connectivity index (χ2v) is 5.18. The number of nitrogens with zero attached hydrogens (tertiary/aromatic N) is 1. The van der Waals surface area contributed by atoms with E-state index in [9.17, 15) is 0 Å². The normalized spacial score (nSPS) is 26.1. The van der Waals surface area contributed by atoms with Gasteiger partial charge in [-0.15, -0.1) is 0 Å². The van der Waals surface area contributed by atoms with Gasteiger partial charge >= 0.3 is 0 Å².